The quantitative estimate of drug-likeness (QED) is 0.886. The Balaban J connectivity index is 1.72. The number of nitrogens with one attached hydrogen (secondary N) is 1. The van der Waals surface area contributed by atoms with E-state index in [2.05, 4.69) is 15.5 Å². The molecule has 7 nitrogen and oxygen atoms in total. The van der Waals surface area contributed by atoms with Crippen molar-refractivity contribution in [2.24, 2.45) is 11.8 Å². The van der Waals surface area contributed by atoms with Gasteiger partial charge in [-0.05, 0) is 37.1 Å². The van der Waals surface area contributed by atoms with Crippen molar-refractivity contribution in [2.45, 2.75) is 13.3 Å². The van der Waals surface area contributed by atoms with E-state index in [0.29, 0.717) is 18.0 Å². The van der Waals surface area contributed by atoms with Crippen LogP contribution in [0.5, 0.6) is 0 Å². The second-order valence-corrected chi connectivity index (χ2v) is 5.05. The molecule has 0 unspecified atom stereocenters. The van der Waals surface area contributed by atoms with Gasteiger partial charge in [0.1, 0.15) is 0 Å². The Morgan fingerprint density at radius 3 is 2.76 bits per heavy atom. The summed E-state index contributed by atoms with van der Waals surface area (Å²) in [5.74, 6) is -1.75. The summed E-state index contributed by atoms with van der Waals surface area (Å²) >= 11 is 0. The number of hydrogen-bond acceptors (Lipinski definition) is 5. The van der Waals surface area contributed by atoms with Crippen LogP contribution in [0.2, 0.25) is 0 Å². The molecule has 1 aromatic heterocycles. The molecule has 0 saturated heterocycles. The highest BCUT2D eigenvalue weighted by Crippen LogP contribution is 2.39. The summed E-state index contributed by atoms with van der Waals surface area (Å²) in [7, 11) is 0. The first kappa shape index (κ1) is 13.3. The molecule has 2 aromatic rings. The number of aryl methyl sites for hydroxylation is 1. The van der Waals surface area contributed by atoms with Crippen LogP contribution >= 0.6 is 0 Å². The molecule has 0 aliphatic heterocycles. The van der Waals surface area contributed by atoms with E-state index in [9.17, 15) is 9.59 Å². The van der Waals surface area contributed by atoms with Crippen LogP contribution in [-0.2, 0) is 9.59 Å². The largest absolute Gasteiger partial charge is 0.481 e. The number of hydrogen-bond donors (Lipinski definition) is 2. The standard InChI is InChI=1S/C14H13N3O4/c1-7-4-8(13-17-15-6-21-13)2-3-11(7)16-12(18)9-5-10(9)14(19)20/h2-4,6,9-10H,5H2,1H3,(H,16,18)(H,19,20)/t9-,10+/m1/s1. The third-order valence-corrected chi connectivity index (χ3v) is 3.54. The highest BCUT2D eigenvalue weighted by molar-refractivity contribution is 5.98. The van der Waals surface area contributed by atoms with E-state index in [1.54, 1.807) is 12.1 Å². The van der Waals surface area contributed by atoms with Crippen molar-refractivity contribution in [3.8, 4) is 11.5 Å². The molecule has 0 bridgehead atoms. The summed E-state index contributed by atoms with van der Waals surface area (Å²) in [5, 5.41) is 19.0. The highest BCUT2D eigenvalue weighted by atomic mass is 16.4. The van der Waals surface area contributed by atoms with Gasteiger partial charge in [-0.2, -0.15) is 0 Å². The van der Waals surface area contributed by atoms with Crippen molar-refractivity contribution in [3.63, 3.8) is 0 Å². The zero-order valence-corrected chi connectivity index (χ0v) is 11.2. The topological polar surface area (TPSA) is 105 Å². The average molecular weight is 287 g/mol. The SMILES string of the molecule is Cc1cc(-c2nnco2)ccc1NC(=O)[C@@H]1C[C@@H]1C(=O)O. The van der Waals surface area contributed by atoms with E-state index in [4.69, 9.17) is 9.52 Å². The molecule has 1 saturated carbocycles. The Hall–Kier alpha value is -2.70. The molecule has 1 aromatic carbocycles. The number of carbonyl (C=O) groups excluding carboxylic acids is 1. The predicted octanol–water partition coefficient (Wildman–Crippen LogP) is 1.70. The van der Waals surface area contributed by atoms with Gasteiger partial charge in [0.25, 0.3) is 0 Å². The van der Waals surface area contributed by atoms with Crippen LogP contribution < -0.4 is 5.32 Å². The summed E-state index contributed by atoms with van der Waals surface area (Å²) in [5.41, 5.74) is 2.25. The molecule has 0 radical (unpaired) electrons. The molecule has 7 heteroatoms. The van der Waals surface area contributed by atoms with Gasteiger partial charge < -0.3 is 14.8 Å². The van der Waals surface area contributed by atoms with Gasteiger partial charge in [-0.15, -0.1) is 10.2 Å². The van der Waals surface area contributed by atoms with Crippen LogP contribution in [0.15, 0.2) is 29.0 Å². The maximum Gasteiger partial charge on any atom is 0.307 e. The molecule has 1 aliphatic carbocycles. The maximum absolute atomic E-state index is 11.9. The van der Waals surface area contributed by atoms with E-state index in [1.165, 1.54) is 6.39 Å². The number of aliphatic carboxylic acids is 1. The molecule has 1 fully saturated rings. The first-order valence-corrected chi connectivity index (χ1v) is 6.47. The summed E-state index contributed by atoms with van der Waals surface area (Å²) in [6.45, 7) is 1.84. The highest BCUT2D eigenvalue weighted by Gasteiger charge is 2.48. The molecular formula is C14H13N3O4. The minimum atomic E-state index is -0.918. The van der Waals surface area contributed by atoms with E-state index >= 15 is 0 Å². The van der Waals surface area contributed by atoms with Crippen molar-refractivity contribution in [3.05, 3.63) is 30.2 Å². The molecule has 1 heterocycles. The Morgan fingerprint density at radius 1 is 1.38 bits per heavy atom. The summed E-state index contributed by atoms with van der Waals surface area (Å²) < 4.78 is 5.11. The van der Waals surface area contributed by atoms with Crippen molar-refractivity contribution in [1.82, 2.24) is 10.2 Å². The monoisotopic (exact) mass is 287 g/mol. The number of carboxylic acids is 1. The summed E-state index contributed by atoms with van der Waals surface area (Å²) in [6, 6.07) is 5.33. The smallest absolute Gasteiger partial charge is 0.307 e. The molecule has 1 aliphatic rings. The summed E-state index contributed by atoms with van der Waals surface area (Å²) in [4.78, 5) is 22.7. The van der Waals surface area contributed by atoms with Gasteiger partial charge in [0.15, 0.2) is 0 Å². The lowest BCUT2D eigenvalue weighted by atomic mass is 10.1. The van der Waals surface area contributed by atoms with Crippen LogP contribution in [-0.4, -0.2) is 27.2 Å². The Bertz CT molecular complexity index is 696. The van der Waals surface area contributed by atoms with Crippen molar-refractivity contribution < 1.29 is 19.1 Å². The minimum absolute atomic E-state index is 0.254. The van der Waals surface area contributed by atoms with Gasteiger partial charge in [-0.25, -0.2) is 0 Å². The van der Waals surface area contributed by atoms with E-state index in [1.807, 2.05) is 13.0 Å². The van der Waals surface area contributed by atoms with Gasteiger partial charge in [0.05, 0.1) is 11.8 Å². The van der Waals surface area contributed by atoms with Crippen molar-refractivity contribution >= 4 is 17.6 Å². The second-order valence-electron chi connectivity index (χ2n) is 5.05. The fourth-order valence-electron chi connectivity index (χ4n) is 2.22. The van der Waals surface area contributed by atoms with Crippen LogP contribution in [0.3, 0.4) is 0 Å². The van der Waals surface area contributed by atoms with Gasteiger partial charge in [0, 0.05) is 11.3 Å². The van der Waals surface area contributed by atoms with Gasteiger partial charge >= 0.3 is 5.97 Å². The number of benzene rings is 1. The van der Waals surface area contributed by atoms with Gasteiger partial charge in [-0.3, -0.25) is 9.59 Å². The number of aromatic nitrogens is 2. The van der Waals surface area contributed by atoms with E-state index < -0.39 is 17.8 Å². The molecule has 108 valence electrons. The lowest BCUT2D eigenvalue weighted by Crippen LogP contribution is -2.17. The lowest BCUT2D eigenvalue weighted by molar-refractivity contribution is -0.139. The molecule has 3 rings (SSSR count). The van der Waals surface area contributed by atoms with Crippen LogP contribution in [0.4, 0.5) is 5.69 Å². The molecular weight excluding hydrogens is 274 g/mol. The van der Waals surface area contributed by atoms with Crippen LogP contribution in [0, 0.1) is 18.8 Å². The van der Waals surface area contributed by atoms with Gasteiger partial charge in [0.2, 0.25) is 18.2 Å². The minimum Gasteiger partial charge on any atom is -0.481 e. The fraction of sp³-hybridized carbons (Fsp3) is 0.286. The Kier molecular flexibility index (Phi) is 3.17. The zero-order chi connectivity index (χ0) is 15.0. The van der Waals surface area contributed by atoms with Crippen LogP contribution in [0.25, 0.3) is 11.5 Å². The van der Waals surface area contributed by atoms with Crippen molar-refractivity contribution in [1.29, 1.82) is 0 Å². The van der Waals surface area contributed by atoms with E-state index in [-0.39, 0.29) is 5.91 Å². The number of nitrogens with zero attached hydrogens (tertiary/aromatic N) is 2. The average Bonchev–Trinajstić information content (AvgIpc) is 3.08. The Labute approximate surface area is 120 Å². The third kappa shape index (κ3) is 2.62. The van der Waals surface area contributed by atoms with E-state index in [0.717, 1.165) is 11.1 Å². The molecule has 2 atom stereocenters. The number of amides is 1. The van der Waals surface area contributed by atoms with Crippen molar-refractivity contribution in [2.75, 3.05) is 5.32 Å². The molecule has 21 heavy (non-hydrogen) atoms. The Morgan fingerprint density at radius 2 is 2.19 bits per heavy atom. The second kappa shape index (κ2) is 5.01. The molecule has 1 amide bonds. The molecule has 2 N–H and O–H groups in total. The summed E-state index contributed by atoms with van der Waals surface area (Å²) in [6.07, 6.45) is 1.65. The number of anilines is 1. The first-order valence-electron chi connectivity index (χ1n) is 6.47. The fourth-order valence-corrected chi connectivity index (χ4v) is 2.22. The number of rotatable bonds is 4. The number of carboxylic acid groups (broad SMARTS) is 1. The molecule has 0 spiro atoms. The lowest BCUT2D eigenvalue weighted by Gasteiger charge is -2.08. The van der Waals surface area contributed by atoms with Crippen LogP contribution in [0.1, 0.15) is 12.0 Å². The zero-order valence-electron chi connectivity index (χ0n) is 11.2. The first-order chi connectivity index (χ1) is 10.1. The number of carbonyl (C=O) groups is 2. The third-order valence-electron chi connectivity index (χ3n) is 3.54. The maximum atomic E-state index is 11.9. The normalized spacial score (nSPS) is 20.0. The predicted molar refractivity (Wildman–Crippen MR) is 72.3 cm³/mol. The van der Waals surface area contributed by atoms with Gasteiger partial charge in [-0.1, -0.05) is 0 Å².